The number of nitrogens with one attached hydrogen (secondary N) is 1. The number of carbonyl (C=O) groups excluding carboxylic acids is 1. The second kappa shape index (κ2) is 8.32. The summed E-state index contributed by atoms with van der Waals surface area (Å²) >= 11 is 0. The van der Waals surface area contributed by atoms with Gasteiger partial charge in [0.1, 0.15) is 16.9 Å². The first-order valence-corrected chi connectivity index (χ1v) is 10.0. The average Bonchev–Trinajstić information content (AvgIpc) is 3.01. The van der Waals surface area contributed by atoms with Crippen molar-refractivity contribution in [3.63, 3.8) is 0 Å². The van der Waals surface area contributed by atoms with Crippen LogP contribution in [-0.4, -0.2) is 33.3 Å². The van der Waals surface area contributed by atoms with Gasteiger partial charge >= 0.3 is 0 Å². The van der Waals surface area contributed by atoms with E-state index >= 15 is 0 Å². The molecule has 1 amide bonds. The van der Waals surface area contributed by atoms with Crippen molar-refractivity contribution in [2.75, 3.05) is 12.3 Å². The number of hydrogen-bond acceptors (Lipinski definition) is 5. The molecule has 2 aromatic carbocycles. The van der Waals surface area contributed by atoms with Crippen LogP contribution in [0.4, 0.5) is 5.82 Å². The third kappa shape index (κ3) is 3.74. The van der Waals surface area contributed by atoms with Gasteiger partial charge in [-0.05, 0) is 31.0 Å². The van der Waals surface area contributed by atoms with Crippen molar-refractivity contribution < 1.29 is 4.79 Å². The predicted octanol–water partition coefficient (Wildman–Crippen LogP) is 3.89. The molecule has 0 atom stereocenters. The molecule has 2 heterocycles. The van der Waals surface area contributed by atoms with E-state index in [1.807, 2.05) is 55.5 Å². The van der Waals surface area contributed by atoms with Gasteiger partial charge in [-0.25, -0.2) is 9.97 Å². The normalized spacial score (nSPS) is 11.5. The maximum Gasteiger partial charge on any atom is 0.257 e. The van der Waals surface area contributed by atoms with Crippen LogP contribution in [0.5, 0.6) is 0 Å². The highest BCUT2D eigenvalue weighted by molar-refractivity contribution is 6.10. The Bertz CT molecular complexity index is 1260. The van der Waals surface area contributed by atoms with Gasteiger partial charge in [-0.3, -0.25) is 4.79 Å². The molecule has 0 bridgehead atoms. The van der Waals surface area contributed by atoms with Gasteiger partial charge < -0.3 is 11.1 Å². The molecule has 4 aromatic rings. The molecule has 0 unspecified atom stereocenters. The van der Waals surface area contributed by atoms with E-state index in [0.717, 1.165) is 24.0 Å². The number of nitrogens with two attached hydrogens (primary N) is 1. The fourth-order valence-electron chi connectivity index (χ4n) is 3.33. The van der Waals surface area contributed by atoms with Gasteiger partial charge in [0.05, 0.1) is 17.2 Å². The summed E-state index contributed by atoms with van der Waals surface area (Å²) in [7, 11) is 0. The van der Waals surface area contributed by atoms with E-state index < -0.39 is 0 Å². The zero-order valence-electron chi connectivity index (χ0n) is 17.1. The lowest BCUT2D eigenvalue weighted by Crippen LogP contribution is -2.25. The zero-order chi connectivity index (χ0) is 21.1. The van der Waals surface area contributed by atoms with E-state index in [1.54, 1.807) is 6.21 Å². The highest BCUT2D eigenvalue weighted by atomic mass is 16.1. The lowest BCUT2D eigenvalue weighted by Gasteiger charge is -2.04. The molecule has 0 aliphatic carbocycles. The first-order valence-electron chi connectivity index (χ1n) is 10.0. The highest BCUT2D eigenvalue weighted by Gasteiger charge is 2.23. The number of para-hydroxylation sites is 2. The zero-order valence-corrected chi connectivity index (χ0v) is 17.1. The van der Waals surface area contributed by atoms with Crippen molar-refractivity contribution in [3.8, 4) is 0 Å². The summed E-state index contributed by atoms with van der Waals surface area (Å²) in [5, 5.41) is 7.46. The molecule has 30 heavy (non-hydrogen) atoms. The summed E-state index contributed by atoms with van der Waals surface area (Å²) in [6.45, 7) is 4.67. The molecule has 7 nitrogen and oxygen atoms in total. The van der Waals surface area contributed by atoms with E-state index in [4.69, 9.17) is 10.7 Å². The Labute approximate surface area is 174 Å². The summed E-state index contributed by atoms with van der Waals surface area (Å²) in [5.41, 5.74) is 11.1. The van der Waals surface area contributed by atoms with Crippen LogP contribution in [0.3, 0.4) is 0 Å². The number of amides is 1. The van der Waals surface area contributed by atoms with Crippen molar-refractivity contribution in [1.29, 1.82) is 0 Å². The molecule has 0 aliphatic heterocycles. The van der Waals surface area contributed by atoms with Crippen molar-refractivity contribution in [1.82, 2.24) is 20.0 Å². The minimum Gasteiger partial charge on any atom is -0.383 e. The fourth-order valence-corrected chi connectivity index (χ4v) is 3.33. The van der Waals surface area contributed by atoms with Crippen LogP contribution in [0.25, 0.3) is 22.2 Å². The van der Waals surface area contributed by atoms with E-state index in [2.05, 4.69) is 22.3 Å². The number of aromatic nitrogens is 3. The van der Waals surface area contributed by atoms with Crippen LogP contribution < -0.4 is 11.1 Å². The van der Waals surface area contributed by atoms with Crippen molar-refractivity contribution in [2.24, 2.45) is 5.10 Å². The highest BCUT2D eigenvalue weighted by Crippen LogP contribution is 2.27. The Kier molecular flexibility index (Phi) is 5.43. The number of fused-ring (bicyclic) bond motifs is 2. The maximum absolute atomic E-state index is 12.9. The van der Waals surface area contributed by atoms with Crippen molar-refractivity contribution in [3.05, 3.63) is 65.2 Å². The predicted molar refractivity (Wildman–Crippen MR) is 121 cm³/mol. The number of hydrogen-bond donors (Lipinski definition) is 2. The number of nitrogens with zero attached hydrogens (tertiary/aromatic N) is 4. The second-order valence-electron chi connectivity index (χ2n) is 7.22. The number of unbranched alkanes of at least 4 members (excludes halogenated alkanes) is 1. The van der Waals surface area contributed by atoms with Gasteiger partial charge in [-0.2, -0.15) is 9.78 Å². The SMILES string of the molecule is CCCCNC(=O)c1c(N)n(/N=C/c2cccc(C)c2)c2nc3ccccc3nc12. The minimum atomic E-state index is -0.264. The molecule has 0 fully saturated rings. The Hall–Kier alpha value is -3.74. The summed E-state index contributed by atoms with van der Waals surface area (Å²) in [4.78, 5) is 22.3. The molecule has 7 heteroatoms. The van der Waals surface area contributed by atoms with E-state index in [0.29, 0.717) is 34.3 Å². The molecular weight excluding hydrogens is 376 g/mol. The van der Waals surface area contributed by atoms with Gasteiger partial charge in [0.2, 0.25) is 0 Å². The Morgan fingerprint density at radius 2 is 1.93 bits per heavy atom. The lowest BCUT2D eigenvalue weighted by atomic mass is 10.2. The lowest BCUT2D eigenvalue weighted by molar-refractivity contribution is 0.0955. The first kappa shape index (κ1) is 19.6. The summed E-state index contributed by atoms with van der Waals surface area (Å²) in [6, 6.07) is 15.5. The molecule has 2 aromatic heterocycles. The van der Waals surface area contributed by atoms with Crippen LogP contribution in [0.15, 0.2) is 53.6 Å². The van der Waals surface area contributed by atoms with Crippen molar-refractivity contribution in [2.45, 2.75) is 26.7 Å². The van der Waals surface area contributed by atoms with E-state index in [1.165, 1.54) is 4.68 Å². The van der Waals surface area contributed by atoms with Crippen LogP contribution in [0.1, 0.15) is 41.3 Å². The number of benzene rings is 2. The first-order chi connectivity index (χ1) is 14.6. The summed E-state index contributed by atoms with van der Waals surface area (Å²) < 4.78 is 1.49. The third-order valence-electron chi connectivity index (χ3n) is 4.88. The maximum atomic E-state index is 12.9. The number of carbonyl (C=O) groups is 1. The molecule has 0 saturated heterocycles. The quantitative estimate of drug-likeness (QED) is 0.379. The molecule has 0 radical (unpaired) electrons. The number of aryl methyl sites for hydroxylation is 1. The standard InChI is InChI=1S/C23H24N6O/c1-3-4-12-25-23(30)19-20-22(28-18-11-6-5-10-17(18)27-20)29(21(19)24)26-14-16-9-7-8-15(2)13-16/h5-11,13-14H,3-4,12,24H2,1-2H3,(H,25,30)/b26-14+. The van der Waals surface area contributed by atoms with E-state index in [9.17, 15) is 4.79 Å². The summed E-state index contributed by atoms with van der Waals surface area (Å²) in [6.07, 6.45) is 3.59. The Balaban J connectivity index is 1.86. The monoisotopic (exact) mass is 400 g/mol. The largest absolute Gasteiger partial charge is 0.383 e. The number of rotatable bonds is 6. The molecule has 0 saturated carbocycles. The smallest absolute Gasteiger partial charge is 0.257 e. The van der Waals surface area contributed by atoms with Crippen LogP contribution in [-0.2, 0) is 0 Å². The summed E-state index contributed by atoms with van der Waals surface area (Å²) in [5.74, 6) is -0.0433. The second-order valence-corrected chi connectivity index (χ2v) is 7.22. The number of nitrogen functional groups attached to an aromatic ring is 1. The fraction of sp³-hybridized carbons (Fsp3) is 0.217. The molecule has 0 spiro atoms. The van der Waals surface area contributed by atoms with E-state index in [-0.39, 0.29) is 11.7 Å². The van der Waals surface area contributed by atoms with Crippen LogP contribution in [0.2, 0.25) is 0 Å². The average molecular weight is 400 g/mol. The van der Waals surface area contributed by atoms with Gasteiger partial charge in [0.15, 0.2) is 5.65 Å². The van der Waals surface area contributed by atoms with Gasteiger partial charge in [-0.15, -0.1) is 0 Å². The molecule has 0 aliphatic rings. The Morgan fingerprint density at radius 1 is 1.17 bits per heavy atom. The minimum absolute atomic E-state index is 0.221. The number of anilines is 1. The topological polar surface area (TPSA) is 98.2 Å². The van der Waals surface area contributed by atoms with Gasteiger partial charge in [0.25, 0.3) is 5.91 Å². The van der Waals surface area contributed by atoms with Gasteiger partial charge in [-0.1, -0.05) is 55.3 Å². The Morgan fingerprint density at radius 3 is 2.67 bits per heavy atom. The molecular formula is C23H24N6O. The van der Waals surface area contributed by atoms with Gasteiger partial charge in [0, 0.05) is 6.54 Å². The molecule has 4 rings (SSSR count). The van der Waals surface area contributed by atoms with Crippen LogP contribution >= 0.6 is 0 Å². The molecule has 152 valence electrons. The molecule has 3 N–H and O–H groups in total. The van der Waals surface area contributed by atoms with Crippen LogP contribution in [0, 0.1) is 6.92 Å². The third-order valence-corrected chi connectivity index (χ3v) is 4.88. The van der Waals surface area contributed by atoms with Crippen molar-refractivity contribution >= 4 is 40.1 Å².